The number of rotatable bonds is 4. The van der Waals surface area contributed by atoms with Crippen LogP contribution in [-0.2, 0) is 19.1 Å². The van der Waals surface area contributed by atoms with Crippen LogP contribution in [0.1, 0.15) is 47.5 Å². The fourth-order valence-electron chi connectivity index (χ4n) is 2.09. The summed E-state index contributed by atoms with van der Waals surface area (Å²) >= 11 is 0. The van der Waals surface area contributed by atoms with Gasteiger partial charge in [0.1, 0.15) is 11.6 Å². The lowest BCUT2D eigenvalue weighted by atomic mass is 9.96. The van der Waals surface area contributed by atoms with Crippen molar-refractivity contribution in [2.75, 3.05) is 6.54 Å². The van der Waals surface area contributed by atoms with Crippen LogP contribution in [0.15, 0.2) is 0 Å². The van der Waals surface area contributed by atoms with Crippen LogP contribution >= 0.6 is 0 Å². The molecule has 21 heavy (non-hydrogen) atoms. The molecule has 2 amide bonds. The Hall–Kier alpha value is -1.59. The molecule has 0 spiro atoms. The summed E-state index contributed by atoms with van der Waals surface area (Å²) in [5.74, 6) is -1.02. The first-order valence-electron chi connectivity index (χ1n) is 7.40. The van der Waals surface area contributed by atoms with Crippen molar-refractivity contribution in [3.8, 4) is 0 Å². The van der Waals surface area contributed by atoms with Gasteiger partial charge in [-0.25, -0.2) is 4.79 Å². The molecule has 0 aromatic rings. The van der Waals surface area contributed by atoms with Gasteiger partial charge in [0.2, 0.25) is 11.8 Å². The van der Waals surface area contributed by atoms with Gasteiger partial charge in [0, 0.05) is 13.0 Å². The second-order valence-corrected chi connectivity index (χ2v) is 6.80. The van der Waals surface area contributed by atoms with Crippen LogP contribution in [0, 0.1) is 11.8 Å². The van der Waals surface area contributed by atoms with Gasteiger partial charge in [0.05, 0.1) is 5.92 Å². The lowest BCUT2D eigenvalue weighted by Crippen LogP contribution is -2.51. The Morgan fingerprint density at radius 2 is 1.95 bits per heavy atom. The number of piperidine rings is 1. The lowest BCUT2D eigenvalue weighted by molar-refractivity contribution is -0.160. The molecular formula is C15H26N2O4. The minimum absolute atomic E-state index is 0.0356. The average molecular weight is 298 g/mol. The monoisotopic (exact) mass is 298 g/mol. The topological polar surface area (TPSA) is 84.5 Å². The number of carbonyl (C=O) groups excluding carboxylic acids is 3. The van der Waals surface area contributed by atoms with Crippen LogP contribution in [0.4, 0.5) is 0 Å². The summed E-state index contributed by atoms with van der Waals surface area (Å²) in [5, 5.41) is 5.43. The van der Waals surface area contributed by atoms with Crippen LogP contribution in [0.5, 0.6) is 0 Å². The summed E-state index contributed by atoms with van der Waals surface area (Å²) in [6.07, 6.45) is 0.855. The van der Waals surface area contributed by atoms with Crippen molar-refractivity contribution in [2.24, 2.45) is 11.8 Å². The molecule has 1 fully saturated rings. The predicted molar refractivity (Wildman–Crippen MR) is 78.3 cm³/mol. The van der Waals surface area contributed by atoms with Gasteiger partial charge in [0.25, 0.3) is 0 Å². The van der Waals surface area contributed by atoms with Crippen LogP contribution in [0.25, 0.3) is 0 Å². The van der Waals surface area contributed by atoms with Crippen molar-refractivity contribution < 1.29 is 19.1 Å². The van der Waals surface area contributed by atoms with Gasteiger partial charge in [0.15, 0.2) is 0 Å². The second kappa shape index (κ2) is 6.91. The SMILES string of the molecule is CC(C)[C@@H](NC(=O)C1CCC(=O)NC1)C(=O)OC(C)(C)C. The van der Waals surface area contributed by atoms with Crippen molar-refractivity contribution in [3.05, 3.63) is 0 Å². The van der Waals surface area contributed by atoms with Gasteiger partial charge in [-0.2, -0.15) is 0 Å². The zero-order chi connectivity index (χ0) is 16.2. The molecule has 1 heterocycles. The Morgan fingerprint density at radius 3 is 2.38 bits per heavy atom. The molecule has 0 bridgehead atoms. The Labute approximate surface area is 126 Å². The number of hydrogen-bond donors (Lipinski definition) is 2. The zero-order valence-electron chi connectivity index (χ0n) is 13.5. The number of amides is 2. The van der Waals surface area contributed by atoms with Gasteiger partial charge in [-0.3, -0.25) is 9.59 Å². The maximum absolute atomic E-state index is 12.2. The fourth-order valence-corrected chi connectivity index (χ4v) is 2.09. The number of ether oxygens (including phenoxy) is 1. The lowest BCUT2D eigenvalue weighted by Gasteiger charge is -2.28. The van der Waals surface area contributed by atoms with Crippen molar-refractivity contribution >= 4 is 17.8 Å². The van der Waals surface area contributed by atoms with E-state index in [1.165, 1.54) is 0 Å². The smallest absolute Gasteiger partial charge is 0.329 e. The molecule has 1 aliphatic heterocycles. The molecule has 120 valence electrons. The molecule has 2 atom stereocenters. The second-order valence-electron chi connectivity index (χ2n) is 6.80. The van der Waals surface area contributed by atoms with Gasteiger partial charge in [-0.05, 0) is 33.1 Å². The first-order chi connectivity index (χ1) is 9.60. The minimum Gasteiger partial charge on any atom is -0.458 e. The average Bonchev–Trinajstić information content (AvgIpc) is 2.33. The first kappa shape index (κ1) is 17.5. The van der Waals surface area contributed by atoms with E-state index < -0.39 is 17.6 Å². The molecule has 1 unspecified atom stereocenters. The summed E-state index contributed by atoms with van der Waals surface area (Å²) < 4.78 is 5.34. The third-order valence-corrected chi connectivity index (χ3v) is 3.26. The molecule has 1 rings (SSSR count). The highest BCUT2D eigenvalue weighted by molar-refractivity contribution is 5.88. The van der Waals surface area contributed by atoms with Gasteiger partial charge in [-0.1, -0.05) is 13.8 Å². The summed E-state index contributed by atoms with van der Waals surface area (Å²) in [7, 11) is 0. The van der Waals surface area contributed by atoms with E-state index in [0.29, 0.717) is 19.4 Å². The highest BCUT2D eigenvalue weighted by Gasteiger charge is 2.32. The van der Waals surface area contributed by atoms with E-state index in [9.17, 15) is 14.4 Å². The van der Waals surface area contributed by atoms with Crippen LogP contribution in [-0.4, -0.2) is 36.0 Å². The number of nitrogens with one attached hydrogen (secondary N) is 2. The van der Waals surface area contributed by atoms with E-state index in [4.69, 9.17) is 4.74 Å². The highest BCUT2D eigenvalue weighted by atomic mass is 16.6. The van der Waals surface area contributed by atoms with Crippen LogP contribution in [0.2, 0.25) is 0 Å². The van der Waals surface area contributed by atoms with Crippen LogP contribution < -0.4 is 10.6 Å². The molecule has 0 saturated carbocycles. The number of esters is 1. The fraction of sp³-hybridized carbons (Fsp3) is 0.800. The first-order valence-corrected chi connectivity index (χ1v) is 7.40. The minimum atomic E-state index is -0.672. The Bertz CT molecular complexity index is 402. The van der Waals surface area contributed by atoms with Gasteiger partial charge >= 0.3 is 5.97 Å². The van der Waals surface area contributed by atoms with E-state index in [1.54, 1.807) is 20.8 Å². The Morgan fingerprint density at radius 1 is 1.33 bits per heavy atom. The van der Waals surface area contributed by atoms with Crippen molar-refractivity contribution in [1.82, 2.24) is 10.6 Å². The molecular weight excluding hydrogens is 272 g/mol. The summed E-state index contributed by atoms with van der Waals surface area (Å²) in [6, 6.07) is -0.672. The molecule has 0 radical (unpaired) electrons. The molecule has 6 nitrogen and oxygen atoms in total. The maximum atomic E-state index is 12.2. The van der Waals surface area contributed by atoms with Crippen LogP contribution in [0.3, 0.4) is 0 Å². The zero-order valence-corrected chi connectivity index (χ0v) is 13.5. The normalized spacial score (nSPS) is 20.7. The molecule has 1 saturated heterocycles. The van der Waals surface area contributed by atoms with E-state index in [1.807, 2.05) is 13.8 Å². The Balaban J connectivity index is 2.63. The van der Waals surface area contributed by atoms with E-state index in [-0.39, 0.29) is 23.7 Å². The standard InChI is InChI=1S/C15H26N2O4/c1-9(2)12(14(20)21-15(3,4)5)17-13(19)10-6-7-11(18)16-8-10/h9-10,12H,6-8H2,1-5H3,(H,16,18)(H,17,19)/t10?,12-/m1/s1. The molecule has 1 aliphatic rings. The van der Waals surface area contributed by atoms with Gasteiger partial charge in [-0.15, -0.1) is 0 Å². The highest BCUT2D eigenvalue weighted by Crippen LogP contribution is 2.15. The number of carbonyl (C=O) groups is 3. The summed E-state index contributed by atoms with van der Waals surface area (Å²) in [6.45, 7) is 9.42. The van der Waals surface area contributed by atoms with E-state index >= 15 is 0 Å². The molecule has 0 aromatic carbocycles. The third kappa shape index (κ3) is 5.73. The largest absolute Gasteiger partial charge is 0.458 e. The van der Waals surface area contributed by atoms with Gasteiger partial charge < -0.3 is 15.4 Å². The molecule has 2 N–H and O–H groups in total. The van der Waals surface area contributed by atoms with Crippen molar-refractivity contribution in [2.45, 2.75) is 59.1 Å². The molecule has 6 heteroatoms. The van der Waals surface area contributed by atoms with Crippen molar-refractivity contribution in [3.63, 3.8) is 0 Å². The summed E-state index contributed by atoms with van der Waals surface area (Å²) in [4.78, 5) is 35.5. The molecule has 0 aliphatic carbocycles. The predicted octanol–water partition coefficient (Wildman–Crippen LogP) is 0.995. The Kier molecular flexibility index (Phi) is 5.75. The van der Waals surface area contributed by atoms with E-state index in [2.05, 4.69) is 10.6 Å². The maximum Gasteiger partial charge on any atom is 0.329 e. The molecule has 0 aromatic heterocycles. The quantitative estimate of drug-likeness (QED) is 0.758. The van der Waals surface area contributed by atoms with E-state index in [0.717, 1.165) is 0 Å². The van der Waals surface area contributed by atoms with Crippen molar-refractivity contribution in [1.29, 1.82) is 0 Å². The third-order valence-electron chi connectivity index (χ3n) is 3.26. The number of hydrogen-bond acceptors (Lipinski definition) is 4. The summed E-state index contributed by atoms with van der Waals surface area (Å²) in [5.41, 5.74) is -0.590.